The second-order valence-electron chi connectivity index (χ2n) is 5.69. The van der Waals surface area contributed by atoms with Crippen molar-refractivity contribution in [3.63, 3.8) is 0 Å². The first-order chi connectivity index (χ1) is 11.2. The lowest BCUT2D eigenvalue weighted by Crippen LogP contribution is -2.34. The van der Waals surface area contributed by atoms with Crippen molar-refractivity contribution in [1.82, 2.24) is 20.2 Å². The van der Waals surface area contributed by atoms with Gasteiger partial charge in [-0.25, -0.2) is 9.97 Å². The molecule has 0 atom stereocenters. The van der Waals surface area contributed by atoms with Gasteiger partial charge in [-0.05, 0) is 24.0 Å². The Balaban J connectivity index is 1.43. The van der Waals surface area contributed by atoms with E-state index in [-0.39, 0.29) is 17.4 Å². The van der Waals surface area contributed by atoms with E-state index in [2.05, 4.69) is 44.5 Å². The molecule has 0 bridgehead atoms. The second kappa shape index (κ2) is 7.19. The lowest BCUT2D eigenvalue weighted by molar-refractivity contribution is 0.0947. The number of hydrogen-bond donors (Lipinski definition) is 2. The van der Waals surface area contributed by atoms with Crippen LogP contribution in [0.3, 0.4) is 0 Å². The van der Waals surface area contributed by atoms with Crippen molar-refractivity contribution in [2.45, 2.75) is 19.4 Å². The molecule has 0 radical (unpaired) electrons. The standard InChI is InChI=1S/C17H21N5O/c18-16-15(19-8-9-20-16)17(23)21-7-3-10-22-11-6-13-4-1-2-5-14(13)12-22/h1-2,4-5,8-9H,3,6-7,10-12H2,(H2,18,20)(H,21,23). The Morgan fingerprint density at radius 2 is 2.00 bits per heavy atom. The van der Waals surface area contributed by atoms with Crippen molar-refractivity contribution in [2.75, 3.05) is 25.4 Å². The van der Waals surface area contributed by atoms with E-state index in [0.717, 1.165) is 32.5 Å². The molecule has 2 aromatic rings. The summed E-state index contributed by atoms with van der Waals surface area (Å²) in [5.74, 6) is -0.0998. The number of nitrogens with one attached hydrogen (secondary N) is 1. The SMILES string of the molecule is Nc1nccnc1C(=O)NCCCN1CCc2ccccc2C1. The predicted molar refractivity (Wildman–Crippen MR) is 88.8 cm³/mol. The zero-order valence-electron chi connectivity index (χ0n) is 13.0. The van der Waals surface area contributed by atoms with E-state index in [0.29, 0.717) is 6.54 Å². The monoisotopic (exact) mass is 311 g/mol. The second-order valence-corrected chi connectivity index (χ2v) is 5.69. The van der Waals surface area contributed by atoms with Crippen LogP contribution < -0.4 is 11.1 Å². The average molecular weight is 311 g/mol. The molecular formula is C17H21N5O. The van der Waals surface area contributed by atoms with Crippen molar-refractivity contribution in [1.29, 1.82) is 0 Å². The van der Waals surface area contributed by atoms with Gasteiger partial charge in [-0.3, -0.25) is 9.69 Å². The molecule has 0 fully saturated rings. The highest BCUT2D eigenvalue weighted by Crippen LogP contribution is 2.18. The van der Waals surface area contributed by atoms with Gasteiger partial charge in [0.25, 0.3) is 5.91 Å². The molecule has 1 aromatic heterocycles. The number of nitrogens with zero attached hydrogens (tertiary/aromatic N) is 3. The van der Waals surface area contributed by atoms with Gasteiger partial charge in [-0.2, -0.15) is 0 Å². The van der Waals surface area contributed by atoms with Crippen LogP contribution in [0, 0.1) is 0 Å². The number of rotatable bonds is 5. The van der Waals surface area contributed by atoms with E-state index in [4.69, 9.17) is 5.73 Å². The molecule has 1 amide bonds. The Bertz CT molecular complexity index is 688. The van der Waals surface area contributed by atoms with E-state index < -0.39 is 0 Å². The third-order valence-electron chi connectivity index (χ3n) is 4.09. The van der Waals surface area contributed by atoms with E-state index in [9.17, 15) is 4.79 Å². The minimum absolute atomic E-state index is 0.164. The minimum Gasteiger partial charge on any atom is -0.382 e. The zero-order chi connectivity index (χ0) is 16.1. The lowest BCUT2D eigenvalue weighted by atomic mass is 10.00. The number of anilines is 1. The summed E-state index contributed by atoms with van der Waals surface area (Å²) in [6.07, 6.45) is 4.93. The minimum atomic E-state index is -0.264. The number of nitrogens with two attached hydrogens (primary N) is 1. The summed E-state index contributed by atoms with van der Waals surface area (Å²) in [6, 6.07) is 8.59. The summed E-state index contributed by atoms with van der Waals surface area (Å²) in [5.41, 5.74) is 8.71. The largest absolute Gasteiger partial charge is 0.382 e. The average Bonchev–Trinajstić information content (AvgIpc) is 2.59. The molecule has 0 unspecified atom stereocenters. The molecule has 1 aliphatic rings. The molecular weight excluding hydrogens is 290 g/mol. The summed E-state index contributed by atoms with van der Waals surface area (Å²) in [5, 5.41) is 2.85. The van der Waals surface area contributed by atoms with Crippen LogP contribution in [0.1, 0.15) is 28.0 Å². The number of aromatic nitrogens is 2. The van der Waals surface area contributed by atoms with Crippen molar-refractivity contribution in [3.05, 3.63) is 53.5 Å². The van der Waals surface area contributed by atoms with Gasteiger partial charge < -0.3 is 11.1 Å². The quantitative estimate of drug-likeness (QED) is 0.812. The molecule has 23 heavy (non-hydrogen) atoms. The van der Waals surface area contributed by atoms with Crippen LogP contribution in [0.4, 0.5) is 5.82 Å². The molecule has 0 saturated heterocycles. The van der Waals surface area contributed by atoms with Crippen LogP contribution >= 0.6 is 0 Å². The number of amides is 1. The maximum Gasteiger partial charge on any atom is 0.273 e. The summed E-state index contributed by atoms with van der Waals surface area (Å²) < 4.78 is 0. The number of fused-ring (bicyclic) bond motifs is 1. The van der Waals surface area contributed by atoms with E-state index in [1.54, 1.807) is 0 Å². The molecule has 1 aromatic carbocycles. The third-order valence-corrected chi connectivity index (χ3v) is 4.09. The Hall–Kier alpha value is -2.47. The molecule has 1 aliphatic heterocycles. The predicted octanol–water partition coefficient (Wildman–Crippen LogP) is 1.24. The van der Waals surface area contributed by atoms with Crippen LogP contribution in [0.25, 0.3) is 0 Å². The number of hydrogen-bond acceptors (Lipinski definition) is 5. The first-order valence-electron chi connectivity index (χ1n) is 7.88. The fourth-order valence-electron chi connectivity index (χ4n) is 2.86. The third kappa shape index (κ3) is 3.84. The van der Waals surface area contributed by atoms with Crippen LogP contribution in [-0.4, -0.2) is 40.4 Å². The first-order valence-corrected chi connectivity index (χ1v) is 7.88. The zero-order valence-corrected chi connectivity index (χ0v) is 13.0. The van der Waals surface area contributed by atoms with Crippen molar-refractivity contribution >= 4 is 11.7 Å². The normalized spacial score (nSPS) is 14.3. The van der Waals surface area contributed by atoms with Gasteiger partial charge in [0.05, 0.1) is 0 Å². The highest BCUT2D eigenvalue weighted by molar-refractivity contribution is 5.96. The Kier molecular flexibility index (Phi) is 4.83. The highest BCUT2D eigenvalue weighted by Gasteiger charge is 2.15. The molecule has 120 valence electrons. The number of carbonyl (C=O) groups excluding carboxylic acids is 1. The highest BCUT2D eigenvalue weighted by atomic mass is 16.1. The van der Waals surface area contributed by atoms with Crippen LogP contribution in [0.5, 0.6) is 0 Å². The van der Waals surface area contributed by atoms with Gasteiger partial charge in [0.15, 0.2) is 11.5 Å². The van der Waals surface area contributed by atoms with Crippen molar-refractivity contribution in [2.24, 2.45) is 0 Å². The molecule has 2 heterocycles. The van der Waals surface area contributed by atoms with Gasteiger partial charge in [-0.15, -0.1) is 0 Å². The summed E-state index contributed by atoms with van der Waals surface area (Å²) in [7, 11) is 0. The van der Waals surface area contributed by atoms with E-state index in [1.807, 2.05) is 0 Å². The lowest BCUT2D eigenvalue weighted by Gasteiger charge is -2.28. The van der Waals surface area contributed by atoms with Gasteiger partial charge in [0.1, 0.15) is 0 Å². The Morgan fingerprint density at radius 1 is 1.22 bits per heavy atom. The molecule has 0 aliphatic carbocycles. The van der Waals surface area contributed by atoms with Gasteiger partial charge in [0.2, 0.25) is 0 Å². The molecule has 6 heteroatoms. The number of carbonyl (C=O) groups is 1. The van der Waals surface area contributed by atoms with Crippen molar-refractivity contribution < 1.29 is 4.79 Å². The first kappa shape index (κ1) is 15.4. The fourth-order valence-corrected chi connectivity index (χ4v) is 2.86. The van der Waals surface area contributed by atoms with Gasteiger partial charge in [0, 0.05) is 38.6 Å². The maximum atomic E-state index is 12.0. The van der Waals surface area contributed by atoms with Crippen LogP contribution in [-0.2, 0) is 13.0 Å². The molecule has 3 N–H and O–H groups in total. The molecule has 0 spiro atoms. The summed E-state index contributed by atoms with van der Waals surface area (Å²) in [4.78, 5) is 22.2. The van der Waals surface area contributed by atoms with E-state index >= 15 is 0 Å². The van der Waals surface area contributed by atoms with Crippen LogP contribution in [0.2, 0.25) is 0 Å². The number of nitrogen functional groups attached to an aromatic ring is 1. The van der Waals surface area contributed by atoms with Gasteiger partial charge >= 0.3 is 0 Å². The van der Waals surface area contributed by atoms with E-state index in [1.165, 1.54) is 23.5 Å². The molecule has 0 saturated carbocycles. The fraction of sp³-hybridized carbons (Fsp3) is 0.353. The Morgan fingerprint density at radius 3 is 2.83 bits per heavy atom. The van der Waals surface area contributed by atoms with Crippen molar-refractivity contribution in [3.8, 4) is 0 Å². The summed E-state index contributed by atoms with van der Waals surface area (Å²) >= 11 is 0. The smallest absolute Gasteiger partial charge is 0.273 e. The maximum absolute atomic E-state index is 12.0. The number of benzene rings is 1. The van der Waals surface area contributed by atoms with Crippen LogP contribution in [0.15, 0.2) is 36.7 Å². The van der Waals surface area contributed by atoms with Gasteiger partial charge in [-0.1, -0.05) is 24.3 Å². The topological polar surface area (TPSA) is 84.1 Å². The molecule has 6 nitrogen and oxygen atoms in total. The Labute approximate surface area is 135 Å². The molecule has 3 rings (SSSR count). The summed E-state index contributed by atoms with van der Waals surface area (Å²) in [6.45, 7) is 3.63.